The Morgan fingerprint density at radius 2 is 2.00 bits per heavy atom. The van der Waals surface area contributed by atoms with Crippen molar-refractivity contribution in [3.05, 3.63) is 47.7 Å². The molecule has 7 heteroatoms. The summed E-state index contributed by atoms with van der Waals surface area (Å²) in [5.74, 6) is 1.42. The molecule has 168 valence electrons. The van der Waals surface area contributed by atoms with Crippen molar-refractivity contribution in [2.45, 2.75) is 52.1 Å². The van der Waals surface area contributed by atoms with Gasteiger partial charge in [0, 0.05) is 37.4 Å². The molecule has 2 aromatic rings. The minimum Gasteiger partial charge on any atom is -0.454 e. The van der Waals surface area contributed by atoms with Gasteiger partial charge in [0.15, 0.2) is 5.76 Å². The van der Waals surface area contributed by atoms with Gasteiger partial charge in [0.25, 0.3) is 5.91 Å². The normalized spacial score (nSPS) is 16.5. The molecule has 2 aromatic heterocycles. The largest absolute Gasteiger partial charge is 0.454 e. The zero-order valence-corrected chi connectivity index (χ0v) is 18.5. The molecule has 0 unspecified atom stereocenters. The summed E-state index contributed by atoms with van der Waals surface area (Å²) in [4.78, 5) is 29.3. The lowest BCUT2D eigenvalue weighted by molar-refractivity contribution is -0.133. The molecule has 0 spiro atoms. The fourth-order valence-corrected chi connectivity index (χ4v) is 4.24. The maximum atomic E-state index is 12.6. The summed E-state index contributed by atoms with van der Waals surface area (Å²) in [6.07, 6.45) is 7.50. The number of carbonyl (C=O) groups excluding carboxylic acids is 2. The number of nitrogens with zero attached hydrogens (tertiary/aromatic N) is 3. The number of amides is 2. The summed E-state index contributed by atoms with van der Waals surface area (Å²) in [6.45, 7) is 7.82. The number of nitrogens with one attached hydrogen (secondary N) is 1. The Morgan fingerprint density at radius 1 is 1.19 bits per heavy atom. The fraction of sp³-hybridized carbons (Fsp3) is 0.583. The van der Waals surface area contributed by atoms with E-state index in [0.717, 1.165) is 56.9 Å². The molecule has 0 radical (unpaired) electrons. The highest BCUT2D eigenvalue weighted by Gasteiger charge is 2.33. The van der Waals surface area contributed by atoms with Crippen LogP contribution in [0.2, 0.25) is 0 Å². The first-order chi connectivity index (χ1) is 15.1. The molecule has 1 saturated carbocycles. The Bertz CT molecular complexity index is 877. The highest BCUT2D eigenvalue weighted by Crippen LogP contribution is 2.31. The van der Waals surface area contributed by atoms with Gasteiger partial charge < -0.3 is 24.1 Å². The van der Waals surface area contributed by atoms with E-state index in [1.165, 1.54) is 12.8 Å². The third kappa shape index (κ3) is 5.79. The van der Waals surface area contributed by atoms with Gasteiger partial charge in [0.2, 0.25) is 5.91 Å². The van der Waals surface area contributed by atoms with E-state index < -0.39 is 0 Å². The average Bonchev–Trinajstić information content (AvgIpc) is 3.13. The quantitative estimate of drug-likeness (QED) is 0.599. The van der Waals surface area contributed by atoms with Crippen molar-refractivity contribution >= 4 is 11.8 Å². The second-order valence-electron chi connectivity index (χ2n) is 8.73. The highest BCUT2D eigenvalue weighted by molar-refractivity contribution is 5.91. The highest BCUT2D eigenvalue weighted by atomic mass is 16.4. The summed E-state index contributed by atoms with van der Waals surface area (Å²) in [7, 11) is 0. The molecule has 1 aliphatic heterocycles. The maximum absolute atomic E-state index is 12.6. The summed E-state index contributed by atoms with van der Waals surface area (Å²) in [6, 6.07) is 7.65. The van der Waals surface area contributed by atoms with Crippen LogP contribution in [0.15, 0.2) is 34.9 Å². The van der Waals surface area contributed by atoms with Crippen LogP contribution in [0.5, 0.6) is 0 Å². The van der Waals surface area contributed by atoms with Crippen molar-refractivity contribution in [1.82, 2.24) is 19.7 Å². The Hall–Kier alpha value is -2.54. The van der Waals surface area contributed by atoms with E-state index in [2.05, 4.69) is 27.8 Å². The minimum absolute atomic E-state index is 0.165. The lowest BCUT2D eigenvalue weighted by atomic mass is 10.3. The van der Waals surface area contributed by atoms with E-state index in [9.17, 15) is 9.59 Å². The first kappa shape index (κ1) is 21.7. The van der Waals surface area contributed by atoms with E-state index in [1.807, 2.05) is 23.2 Å². The van der Waals surface area contributed by atoms with Gasteiger partial charge in [-0.2, -0.15) is 0 Å². The Kier molecular flexibility index (Phi) is 7.12. The van der Waals surface area contributed by atoms with Crippen LogP contribution < -0.4 is 5.32 Å². The number of aromatic nitrogens is 1. The van der Waals surface area contributed by atoms with Gasteiger partial charge in [0.1, 0.15) is 5.76 Å². The Balaban J connectivity index is 1.31. The zero-order valence-electron chi connectivity index (χ0n) is 18.5. The minimum atomic E-state index is -0.165. The molecule has 2 aliphatic rings. The molecule has 3 heterocycles. The number of hydrogen-bond acceptors (Lipinski definition) is 4. The molecule has 1 N–H and O–H groups in total. The van der Waals surface area contributed by atoms with Crippen LogP contribution >= 0.6 is 0 Å². The fourth-order valence-electron chi connectivity index (χ4n) is 4.24. The monoisotopic (exact) mass is 426 g/mol. The molecule has 4 rings (SSSR count). The van der Waals surface area contributed by atoms with Crippen LogP contribution in [0.1, 0.15) is 61.0 Å². The molecular formula is C24H34N4O3. The average molecular weight is 427 g/mol. The molecule has 2 fully saturated rings. The topological polar surface area (TPSA) is 70.7 Å². The Labute approximate surface area is 184 Å². The number of carbonyl (C=O) groups is 2. The third-order valence-corrected chi connectivity index (χ3v) is 6.13. The van der Waals surface area contributed by atoms with Crippen molar-refractivity contribution in [3.8, 4) is 0 Å². The van der Waals surface area contributed by atoms with Gasteiger partial charge in [-0.15, -0.1) is 0 Å². The third-order valence-electron chi connectivity index (χ3n) is 6.13. The van der Waals surface area contributed by atoms with Crippen molar-refractivity contribution in [1.29, 1.82) is 0 Å². The van der Waals surface area contributed by atoms with Crippen molar-refractivity contribution < 1.29 is 14.0 Å². The van der Waals surface area contributed by atoms with Crippen LogP contribution in [0.25, 0.3) is 0 Å². The molecule has 0 aromatic carbocycles. The van der Waals surface area contributed by atoms with Gasteiger partial charge in [-0.05, 0) is 69.5 Å². The van der Waals surface area contributed by atoms with Crippen LogP contribution in [-0.4, -0.2) is 58.9 Å². The summed E-state index contributed by atoms with van der Waals surface area (Å²) in [5, 5.41) is 2.95. The van der Waals surface area contributed by atoms with E-state index in [4.69, 9.17) is 4.42 Å². The Morgan fingerprint density at radius 3 is 2.74 bits per heavy atom. The summed E-state index contributed by atoms with van der Waals surface area (Å²) < 4.78 is 7.91. The van der Waals surface area contributed by atoms with Crippen LogP contribution in [0, 0.1) is 5.92 Å². The number of rotatable bonds is 11. The lowest BCUT2D eigenvalue weighted by Crippen LogP contribution is -2.33. The van der Waals surface area contributed by atoms with E-state index >= 15 is 0 Å². The number of furan rings is 1. The van der Waals surface area contributed by atoms with Crippen molar-refractivity contribution in [3.63, 3.8) is 0 Å². The molecule has 1 aliphatic carbocycles. The molecule has 2 amide bonds. The number of likely N-dealkylation sites (tertiary alicyclic amines) is 1. The van der Waals surface area contributed by atoms with Crippen LogP contribution in [0.3, 0.4) is 0 Å². The number of hydrogen-bond donors (Lipinski definition) is 1. The van der Waals surface area contributed by atoms with Gasteiger partial charge in [-0.3, -0.25) is 9.59 Å². The summed E-state index contributed by atoms with van der Waals surface area (Å²) >= 11 is 0. The predicted molar refractivity (Wildman–Crippen MR) is 119 cm³/mol. The maximum Gasteiger partial charge on any atom is 0.287 e. The van der Waals surface area contributed by atoms with Gasteiger partial charge in [-0.25, -0.2) is 0 Å². The molecule has 1 saturated heterocycles. The molecular weight excluding hydrogens is 392 g/mol. The van der Waals surface area contributed by atoms with Crippen LogP contribution in [-0.2, 0) is 17.9 Å². The molecule has 31 heavy (non-hydrogen) atoms. The summed E-state index contributed by atoms with van der Waals surface area (Å²) in [5.41, 5.74) is 1.08. The lowest BCUT2D eigenvalue weighted by Gasteiger charge is -2.23. The van der Waals surface area contributed by atoms with Crippen molar-refractivity contribution in [2.75, 3.05) is 32.7 Å². The second-order valence-corrected chi connectivity index (χ2v) is 8.73. The van der Waals surface area contributed by atoms with Crippen molar-refractivity contribution in [2.24, 2.45) is 5.92 Å². The van der Waals surface area contributed by atoms with E-state index in [1.54, 1.807) is 6.07 Å². The van der Waals surface area contributed by atoms with Gasteiger partial charge in [0.05, 0.1) is 13.1 Å². The second kappa shape index (κ2) is 10.2. The first-order valence-corrected chi connectivity index (χ1v) is 11.7. The molecule has 7 nitrogen and oxygen atoms in total. The zero-order chi connectivity index (χ0) is 21.6. The van der Waals surface area contributed by atoms with Gasteiger partial charge in [-0.1, -0.05) is 6.92 Å². The smallest absolute Gasteiger partial charge is 0.287 e. The standard InChI is InChI=1S/C24H34N4O3/c1-2-12-28(24(30)19-7-8-19)17-20-6-5-15-27(20)18-21-9-10-22(31-21)23(29)25-11-16-26-13-3-4-14-26/h5-6,9-10,15,19H,2-4,7-8,11-14,16-18H2,1H3,(H,25,29). The SMILES string of the molecule is CCCN(Cc1cccn1Cc1ccc(C(=O)NCCN2CCCC2)o1)C(=O)C1CC1. The molecule has 0 bridgehead atoms. The first-order valence-electron chi connectivity index (χ1n) is 11.7. The predicted octanol–water partition coefficient (Wildman–Crippen LogP) is 3.10. The van der Waals surface area contributed by atoms with Crippen LogP contribution in [0.4, 0.5) is 0 Å². The molecule has 0 atom stereocenters. The van der Waals surface area contributed by atoms with E-state index in [-0.39, 0.29) is 17.7 Å². The van der Waals surface area contributed by atoms with Gasteiger partial charge >= 0.3 is 0 Å². The van der Waals surface area contributed by atoms with E-state index in [0.29, 0.717) is 25.4 Å².